The number of hydrogen-bond acceptors (Lipinski definition) is 5. The van der Waals surface area contributed by atoms with Gasteiger partial charge in [-0.2, -0.15) is 0 Å². The predicted molar refractivity (Wildman–Crippen MR) is 74.6 cm³/mol. The lowest BCUT2D eigenvalue weighted by Gasteiger charge is -2.09. The Hall–Kier alpha value is -2.69. The van der Waals surface area contributed by atoms with Crippen molar-refractivity contribution in [3.05, 3.63) is 53.6 Å². The SMILES string of the molecule is COc1cc(N)ccc1C(=O)OCc1cccc(O)c1. The van der Waals surface area contributed by atoms with Crippen LogP contribution in [0.25, 0.3) is 0 Å². The molecule has 0 fully saturated rings. The lowest BCUT2D eigenvalue weighted by molar-refractivity contribution is 0.0469. The number of esters is 1. The van der Waals surface area contributed by atoms with E-state index < -0.39 is 5.97 Å². The average Bonchev–Trinajstić information content (AvgIpc) is 2.44. The highest BCUT2D eigenvalue weighted by Gasteiger charge is 2.14. The third kappa shape index (κ3) is 3.20. The van der Waals surface area contributed by atoms with Crippen LogP contribution in [0.3, 0.4) is 0 Å². The minimum absolute atomic E-state index is 0.0702. The molecule has 3 N–H and O–H groups in total. The molecule has 0 radical (unpaired) electrons. The predicted octanol–water partition coefficient (Wildman–Crippen LogP) is 2.34. The monoisotopic (exact) mass is 273 g/mol. The van der Waals surface area contributed by atoms with Gasteiger partial charge in [-0.15, -0.1) is 0 Å². The van der Waals surface area contributed by atoms with Gasteiger partial charge in [0, 0.05) is 11.8 Å². The van der Waals surface area contributed by atoms with Gasteiger partial charge in [0.2, 0.25) is 0 Å². The third-order valence-electron chi connectivity index (χ3n) is 2.73. The van der Waals surface area contributed by atoms with Crippen molar-refractivity contribution in [1.82, 2.24) is 0 Å². The van der Waals surface area contributed by atoms with E-state index in [4.69, 9.17) is 15.2 Å². The number of hydrogen-bond donors (Lipinski definition) is 2. The molecular formula is C15H15NO4. The van der Waals surface area contributed by atoms with Crippen molar-refractivity contribution in [2.24, 2.45) is 0 Å². The smallest absolute Gasteiger partial charge is 0.342 e. The standard InChI is InChI=1S/C15H15NO4/c1-19-14-8-11(16)5-6-13(14)15(18)20-9-10-3-2-4-12(17)7-10/h2-8,17H,9,16H2,1H3. The molecule has 2 aromatic carbocycles. The van der Waals surface area contributed by atoms with Gasteiger partial charge in [-0.1, -0.05) is 12.1 Å². The van der Waals surface area contributed by atoms with E-state index in [1.165, 1.54) is 13.2 Å². The summed E-state index contributed by atoms with van der Waals surface area (Å²) in [5.74, 6) is -0.0142. The van der Waals surface area contributed by atoms with Crippen molar-refractivity contribution in [2.75, 3.05) is 12.8 Å². The number of rotatable bonds is 4. The molecule has 0 saturated heterocycles. The quantitative estimate of drug-likeness (QED) is 0.660. The maximum atomic E-state index is 12.0. The van der Waals surface area contributed by atoms with Gasteiger partial charge in [0.05, 0.1) is 7.11 Å². The van der Waals surface area contributed by atoms with Crippen LogP contribution in [0, 0.1) is 0 Å². The van der Waals surface area contributed by atoms with Crippen LogP contribution >= 0.6 is 0 Å². The number of benzene rings is 2. The summed E-state index contributed by atoms with van der Waals surface area (Å²) in [5, 5.41) is 9.33. The number of aromatic hydroxyl groups is 1. The summed E-state index contributed by atoms with van der Waals surface area (Å²) in [4.78, 5) is 12.0. The minimum Gasteiger partial charge on any atom is -0.508 e. The van der Waals surface area contributed by atoms with E-state index in [2.05, 4.69) is 0 Å². The summed E-state index contributed by atoms with van der Waals surface area (Å²) >= 11 is 0. The van der Waals surface area contributed by atoms with Crippen LogP contribution in [0.2, 0.25) is 0 Å². The number of nitrogens with two attached hydrogens (primary N) is 1. The van der Waals surface area contributed by atoms with Gasteiger partial charge in [0.15, 0.2) is 0 Å². The summed E-state index contributed by atoms with van der Waals surface area (Å²) < 4.78 is 10.3. The van der Waals surface area contributed by atoms with Crippen LogP contribution in [0.4, 0.5) is 5.69 Å². The Morgan fingerprint density at radius 1 is 1.25 bits per heavy atom. The molecule has 5 heteroatoms. The van der Waals surface area contributed by atoms with Crippen LogP contribution in [0.5, 0.6) is 11.5 Å². The van der Waals surface area contributed by atoms with E-state index in [-0.39, 0.29) is 12.4 Å². The zero-order valence-electron chi connectivity index (χ0n) is 11.0. The highest BCUT2D eigenvalue weighted by Crippen LogP contribution is 2.22. The number of methoxy groups -OCH3 is 1. The maximum Gasteiger partial charge on any atom is 0.342 e. The largest absolute Gasteiger partial charge is 0.508 e. The van der Waals surface area contributed by atoms with Crippen LogP contribution in [-0.2, 0) is 11.3 Å². The number of carbonyl (C=O) groups excluding carboxylic acids is 1. The van der Waals surface area contributed by atoms with Crippen molar-refractivity contribution >= 4 is 11.7 Å². The second kappa shape index (κ2) is 5.97. The van der Waals surface area contributed by atoms with Gasteiger partial charge in [0.25, 0.3) is 0 Å². The molecule has 0 heterocycles. The number of anilines is 1. The summed E-state index contributed by atoms with van der Waals surface area (Å²) in [6.07, 6.45) is 0. The molecule has 20 heavy (non-hydrogen) atoms. The minimum atomic E-state index is -0.509. The fraction of sp³-hybridized carbons (Fsp3) is 0.133. The van der Waals surface area contributed by atoms with E-state index in [0.29, 0.717) is 22.6 Å². The molecule has 0 saturated carbocycles. The lowest BCUT2D eigenvalue weighted by Crippen LogP contribution is -2.07. The second-order valence-electron chi connectivity index (χ2n) is 4.21. The van der Waals surface area contributed by atoms with Crippen LogP contribution < -0.4 is 10.5 Å². The third-order valence-corrected chi connectivity index (χ3v) is 2.73. The van der Waals surface area contributed by atoms with Gasteiger partial charge in [-0.3, -0.25) is 0 Å². The van der Waals surface area contributed by atoms with Gasteiger partial charge < -0.3 is 20.3 Å². The van der Waals surface area contributed by atoms with E-state index in [9.17, 15) is 9.90 Å². The molecule has 5 nitrogen and oxygen atoms in total. The molecule has 0 spiro atoms. The Kier molecular flexibility index (Phi) is 4.10. The molecule has 0 atom stereocenters. The van der Waals surface area contributed by atoms with Crippen LogP contribution in [0.1, 0.15) is 15.9 Å². The lowest BCUT2D eigenvalue weighted by atomic mass is 10.2. The molecule has 0 aromatic heterocycles. The Bertz CT molecular complexity index is 625. The van der Waals surface area contributed by atoms with Crippen LogP contribution in [-0.4, -0.2) is 18.2 Å². The van der Waals surface area contributed by atoms with Crippen molar-refractivity contribution < 1.29 is 19.4 Å². The molecule has 0 aliphatic rings. The first kappa shape index (κ1) is 13.7. The second-order valence-corrected chi connectivity index (χ2v) is 4.21. The fourth-order valence-corrected chi connectivity index (χ4v) is 1.75. The fourth-order valence-electron chi connectivity index (χ4n) is 1.75. The normalized spacial score (nSPS) is 10.1. The number of ether oxygens (including phenoxy) is 2. The topological polar surface area (TPSA) is 81.8 Å². The molecule has 2 rings (SSSR count). The van der Waals surface area contributed by atoms with E-state index in [0.717, 1.165) is 0 Å². The molecule has 104 valence electrons. The van der Waals surface area contributed by atoms with Gasteiger partial charge in [-0.25, -0.2) is 4.79 Å². The van der Waals surface area contributed by atoms with Crippen LogP contribution in [0.15, 0.2) is 42.5 Å². The molecule has 0 amide bonds. The summed E-state index contributed by atoms with van der Waals surface area (Å²) in [5.41, 5.74) is 7.14. The van der Waals surface area contributed by atoms with Crippen molar-refractivity contribution in [1.29, 1.82) is 0 Å². The first-order valence-corrected chi connectivity index (χ1v) is 5.98. The number of phenolic OH excluding ortho intramolecular Hbond substituents is 1. The summed E-state index contributed by atoms with van der Waals surface area (Å²) in [6.45, 7) is 0.0702. The van der Waals surface area contributed by atoms with Gasteiger partial charge >= 0.3 is 5.97 Å². The average molecular weight is 273 g/mol. The maximum absolute atomic E-state index is 12.0. The summed E-state index contributed by atoms with van der Waals surface area (Å²) in [7, 11) is 1.46. The number of carbonyl (C=O) groups is 1. The molecule has 0 bridgehead atoms. The molecule has 0 aliphatic carbocycles. The van der Waals surface area contributed by atoms with Crippen molar-refractivity contribution in [2.45, 2.75) is 6.61 Å². The first-order valence-electron chi connectivity index (χ1n) is 5.98. The van der Waals surface area contributed by atoms with Gasteiger partial charge in [0.1, 0.15) is 23.7 Å². The van der Waals surface area contributed by atoms with E-state index >= 15 is 0 Å². The molecule has 2 aromatic rings. The van der Waals surface area contributed by atoms with E-state index in [1.54, 1.807) is 36.4 Å². The zero-order chi connectivity index (χ0) is 14.5. The van der Waals surface area contributed by atoms with E-state index in [1.807, 2.05) is 0 Å². The summed E-state index contributed by atoms with van der Waals surface area (Å²) in [6, 6.07) is 11.2. The molecular weight excluding hydrogens is 258 g/mol. The number of nitrogen functional groups attached to an aromatic ring is 1. The zero-order valence-corrected chi connectivity index (χ0v) is 11.0. The Labute approximate surface area is 116 Å². The molecule has 0 unspecified atom stereocenters. The molecule has 0 aliphatic heterocycles. The van der Waals surface area contributed by atoms with Gasteiger partial charge in [-0.05, 0) is 29.8 Å². The number of phenols is 1. The Morgan fingerprint density at radius 3 is 2.75 bits per heavy atom. The highest BCUT2D eigenvalue weighted by atomic mass is 16.5. The van der Waals surface area contributed by atoms with Crippen molar-refractivity contribution in [3.8, 4) is 11.5 Å². The van der Waals surface area contributed by atoms with Crippen molar-refractivity contribution in [3.63, 3.8) is 0 Å². The first-order chi connectivity index (χ1) is 9.60. The highest BCUT2D eigenvalue weighted by molar-refractivity contribution is 5.93. The Balaban J connectivity index is 2.09. The Morgan fingerprint density at radius 2 is 2.05 bits per heavy atom.